The molecule has 0 radical (unpaired) electrons. The predicted molar refractivity (Wildman–Crippen MR) is 116 cm³/mol. The number of rotatable bonds is 7. The van der Waals surface area contributed by atoms with Gasteiger partial charge in [-0.15, -0.1) is 11.3 Å². The molecular formula is C22H26N4OS. The molecule has 2 aromatic heterocycles. The van der Waals surface area contributed by atoms with Crippen molar-refractivity contribution < 1.29 is 4.79 Å². The molecule has 0 atom stereocenters. The number of fused-ring (bicyclic) bond motifs is 1. The lowest BCUT2D eigenvalue weighted by Crippen LogP contribution is -2.35. The van der Waals surface area contributed by atoms with Gasteiger partial charge in [0.25, 0.3) is 5.91 Å². The molecule has 1 aliphatic rings. The minimum Gasteiger partial charge on any atom is -0.365 e. The van der Waals surface area contributed by atoms with Gasteiger partial charge in [0.2, 0.25) is 0 Å². The number of benzene rings is 1. The first kappa shape index (κ1) is 19.1. The highest BCUT2D eigenvalue weighted by atomic mass is 32.1. The number of thiophene rings is 1. The van der Waals surface area contributed by atoms with Gasteiger partial charge in [0, 0.05) is 43.0 Å². The minimum atomic E-state index is -0.390. The molecule has 0 spiro atoms. The molecule has 3 aromatic rings. The molecule has 0 saturated carbocycles. The van der Waals surface area contributed by atoms with Gasteiger partial charge in [-0.05, 0) is 49.2 Å². The third-order valence-electron chi connectivity index (χ3n) is 5.31. The Morgan fingerprint density at radius 2 is 2.04 bits per heavy atom. The second-order valence-electron chi connectivity index (χ2n) is 7.35. The van der Waals surface area contributed by atoms with Crippen LogP contribution in [0.25, 0.3) is 21.2 Å². The van der Waals surface area contributed by atoms with Gasteiger partial charge in [-0.2, -0.15) is 0 Å². The fraction of sp³-hybridized carbons (Fsp3) is 0.364. The monoisotopic (exact) mass is 394 g/mol. The van der Waals surface area contributed by atoms with Crippen LogP contribution in [-0.4, -0.2) is 42.0 Å². The van der Waals surface area contributed by atoms with Crippen molar-refractivity contribution in [2.24, 2.45) is 5.73 Å². The molecule has 0 unspecified atom stereocenters. The van der Waals surface area contributed by atoms with E-state index in [0.29, 0.717) is 4.88 Å². The topological polar surface area (TPSA) is 71.2 Å². The number of likely N-dealkylation sites (tertiary alicyclic amines) is 1. The van der Waals surface area contributed by atoms with Crippen LogP contribution in [0.3, 0.4) is 0 Å². The Hall–Kier alpha value is -2.28. The summed E-state index contributed by atoms with van der Waals surface area (Å²) < 4.78 is 0.983. The number of hydrogen-bond donors (Lipinski definition) is 2. The molecule has 1 fully saturated rings. The van der Waals surface area contributed by atoms with Crippen LogP contribution in [0.5, 0.6) is 0 Å². The first-order valence-corrected chi connectivity index (χ1v) is 10.7. The number of primary amides is 1. The molecule has 6 heteroatoms. The quantitative estimate of drug-likeness (QED) is 0.600. The second kappa shape index (κ2) is 8.82. The largest absolute Gasteiger partial charge is 0.365 e. The third-order valence-corrected chi connectivity index (χ3v) is 6.39. The fourth-order valence-corrected chi connectivity index (χ4v) is 4.72. The molecule has 146 valence electrons. The molecule has 1 saturated heterocycles. The maximum absolute atomic E-state index is 11.5. The Labute approximate surface area is 169 Å². The normalized spacial score (nSPS) is 15.1. The summed E-state index contributed by atoms with van der Waals surface area (Å²) in [6, 6.07) is 10.4. The summed E-state index contributed by atoms with van der Waals surface area (Å²) in [5, 5.41) is 4.60. The van der Waals surface area contributed by atoms with E-state index in [1.807, 2.05) is 12.3 Å². The Bertz CT molecular complexity index is 962. The van der Waals surface area contributed by atoms with Crippen molar-refractivity contribution in [2.45, 2.75) is 25.8 Å². The van der Waals surface area contributed by atoms with E-state index in [0.717, 1.165) is 40.8 Å². The number of nitrogens with zero attached hydrogens (tertiary/aromatic N) is 2. The lowest BCUT2D eigenvalue weighted by atomic mass is 10.0. The summed E-state index contributed by atoms with van der Waals surface area (Å²) in [5.74, 6) is -0.390. The van der Waals surface area contributed by atoms with Gasteiger partial charge in [-0.1, -0.05) is 24.6 Å². The number of carbonyl (C=O) groups excluding carboxylic acids is 1. The molecule has 0 bridgehead atoms. The van der Waals surface area contributed by atoms with Gasteiger partial charge in [0.15, 0.2) is 0 Å². The number of hydrogen-bond acceptors (Lipinski definition) is 5. The van der Waals surface area contributed by atoms with E-state index in [9.17, 15) is 4.79 Å². The first-order chi connectivity index (χ1) is 13.7. The van der Waals surface area contributed by atoms with E-state index in [1.165, 1.54) is 49.3 Å². The van der Waals surface area contributed by atoms with E-state index in [2.05, 4.69) is 39.5 Å². The highest BCUT2D eigenvalue weighted by Gasteiger charge is 2.12. The standard InChI is InChI=1S/C22H26N4OS/c23-22(27)20-12-18-19(14-25-15-21(18)28-20)17-6-4-5-16(11-17)13-24-7-10-26-8-2-1-3-9-26/h4-6,11-12,14-15,24H,1-3,7-10,13H2,(H2,23,27). The van der Waals surface area contributed by atoms with Gasteiger partial charge in [-0.3, -0.25) is 9.78 Å². The zero-order valence-corrected chi connectivity index (χ0v) is 16.8. The van der Waals surface area contributed by atoms with E-state index in [1.54, 1.807) is 6.20 Å². The van der Waals surface area contributed by atoms with Crippen molar-refractivity contribution in [3.63, 3.8) is 0 Å². The van der Waals surface area contributed by atoms with E-state index in [4.69, 9.17) is 5.73 Å². The number of aromatic nitrogens is 1. The summed E-state index contributed by atoms with van der Waals surface area (Å²) in [6.07, 6.45) is 7.71. The average Bonchev–Trinajstić information content (AvgIpc) is 3.17. The SMILES string of the molecule is NC(=O)c1cc2c(-c3cccc(CNCCN4CCCCC4)c3)cncc2s1. The molecule has 28 heavy (non-hydrogen) atoms. The van der Waals surface area contributed by atoms with Gasteiger partial charge in [0.1, 0.15) is 0 Å². The van der Waals surface area contributed by atoms with E-state index < -0.39 is 0 Å². The van der Waals surface area contributed by atoms with Crippen LogP contribution in [0.2, 0.25) is 0 Å². The van der Waals surface area contributed by atoms with Gasteiger partial charge in [-0.25, -0.2) is 0 Å². The predicted octanol–water partition coefficient (Wildman–Crippen LogP) is 3.64. The number of nitrogens with one attached hydrogen (secondary N) is 1. The number of nitrogens with two attached hydrogens (primary N) is 1. The molecule has 0 aliphatic carbocycles. The van der Waals surface area contributed by atoms with Crippen LogP contribution >= 0.6 is 11.3 Å². The smallest absolute Gasteiger partial charge is 0.258 e. The Morgan fingerprint density at radius 3 is 2.86 bits per heavy atom. The van der Waals surface area contributed by atoms with Crippen molar-refractivity contribution in [1.82, 2.24) is 15.2 Å². The van der Waals surface area contributed by atoms with Crippen LogP contribution in [-0.2, 0) is 6.54 Å². The maximum atomic E-state index is 11.5. The van der Waals surface area contributed by atoms with Crippen LogP contribution in [0, 0.1) is 0 Å². The number of carbonyl (C=O) groups is 1. The fourth-order valence-electron chi connectivity index (χ4n) is 3.81. The van der Waals surface area contributed by atoms with Crippen LogP contribution < -0.4 is 11.1 Å². The van der Waals surface area contributed by atoms with E-state index >= 15 is 0 Å². The summed E-state index contributed by atoms with van der Waals surface area (Å²) >= 11 is 1.39. The van der Waals surface area contributed by atoms with Crippen molar-refractivity contribution >= 4 is 27.3 Å². The molecule has 1 amide bonds. The maximum Gasteiger partial charge on any atom is 0.258 e. The van der Waals surface area contributed by atoms with Crippen molar-refractivity contribution in [3.05, 3.63) is 53.2 Å². The third kappa shape index (κ3) is 4.41. The van der Waals surface area contributed by atoms with Crippen molar-refractivity contribution in [3.8, 4) is 11.1 Å². The lowest BCUT2D eigenvalue weighted by Gasteiger charge is -2.26. The highest BCUT2D eigenvalue weighted by Crippen LogP contribution is 2.33. The van der Waals surface area contributed by atoms with Crippen LogP contribution in [0.4, 0.5) is 0 Å². The molecule has 4 rings (SSSR count). The molecule has 3 heterocycles. The number of piperidine rings is 1. The molecule has 1 aliphatic heterocycles. The summed E-state index contributed by atoms with van der Waals surface area (Å²) in [7, 11) is 0. The van der Waals surface area contributed by atoms with Gasteiger partial charge < -0.3 is 16.0 Å². The van der Waals surface area contributed by atoms with Crippen molar-refractivity contribution in [1.29, 1.82) is 0 Å². The summed E-state index contributed by atoms with van der Waals surface area (Å²) in [4.78, 5) is 19.0. The highest BCUT2D eigenvalue weighted by molar-refractivity contribution is 7.20. The number of amides is 1. The van der Waals surface area contributed by atoms with Crippen molar-refractivity contribution in [2.75, 3.05) is 26.2 Å². The first-order valence-electron chi connectivity index (χ1n) is 9.90. The van der Waals surface area contributed by atoms with E-state index in [-0.39, 0.29) is 5.91 Å². The summed E-state index contributed by atoms with van der Waals surface area (Å²) in [5.41, 5.74) is 8.85. The zero-order chi connectivity index (χ0) is 19.3. The molecule has 3 N–H and O–H groups in total. The molecule has 5 nitrogen and oxygen atoms in total. The van der Waals surface area contributed by atoms with Gasteiger partial charge in [0.05, 0.1) is 9.58 Å². The Kier molecular flexibility index (Phi) is 6.00. The Morgan fingerprint density at radius 1 is 1.18 bits per heavy atom. The lowest BCUT2D eigenvalue weighted by molar-refractivity contribution is 0.100. The molecule has 1 aromatic carbocycles. The summed E-state index contributed by atoms with van der Waals surface area (Å²) in [6.45, 7) is 5.45. The van der Waals surface area contributed by atoms with Crippen LogP contribution in [0.1, 0.15) is 34.5 Å². The van der Waals surface area contributed by atoms with Gasteiger partial charge >= 0.3 is 0 Å². The zero-order valence-electron chi connectivity index (χ0n) is 16.0. The van der Waals surface area contributed by atoms with Crippen LogP contribution in [0.15, 0.2) is 42.7 Å². The molecular weight excluding hydrogens is 368 g/mol. The average molecular weight is 395 g/mol. The Balaban J connectivity index is 1.45. The second-order valence-corrected chi connectivity index (χ2v) is 8.44. The number of pyridine rings is 1. The minimum absolute atomic E-state index is 0.390.